The van der Waals surface area contributed by atoms with Gasteiger partial charge in [-0.05, 0) is 72.7 Å². The zero-order valence-corrected chi connectivity index (χ0v) is 18.1. The Morgan fingerprint density at radius 3 is 2.58 bits per heavy atom. The second kappa shape index (κ2) is 8.18. The lowest BCUT2D eigenvalue weighted by atomic mass is 10.0. The zero-order valence-electron chi connectivity index (χ0n) is 17.1. The Morgan fingerprint density at radius 2 is 1.87 bits per heavy atom. The van der Waals surface area contributed by atoms with Gasteiger partial charge in [0.2, 0.25) is 0 Å². The van der Waals surface area contributed by atoms with Crippen LogP contribution in [0.2, 0.25) is 0 Å². The first-order valence-electron chi connectivity index (χ1n) is 10.7. The SMILES string of the molecule is O=C(NC1=NCCN1)c1ccc(Nc2cccc(C(=O)NC3CC3)c2[Si])c(C2CC2)c1. The molecule has 0 saturated heterocycles. The molecule has 0 spiro atoms. The first-order valence-corrected chi connectivity index (χ1v) is 11.2. The molecule has 2 amide bonds. The fourth-order valence-electron chi connectivity index (χ4n) is 3.69. The highest BCUT2D eigenvalue weighted by Crippen LogP contribution is 2.44. The minimum Gasteiger partial charge on any atom is -0.355 e. The third kappa shape index (κ3) is 4.48. The molecule has 7 nitrogen and oxygen atoms in total. The van der Waals surface area contributed by atoms with Crippen molar-refractivity contribution in [1.29, 1.82) is 0 Å². The van der Waals surface area contributed by atoms with Crippen molar-refractivity contribution in [3.63, 3.8) is 0 Å². The fourth-order valence-corrected chi connectivity index (χ4v) is 4.04. The predicted octanol–water partition coefficient (Wildman–Crippen LogP) is 1.68. The number of carbonyl (C=O) groups is 2. The fraction of sp³-hybridized carbons (Fsp3) is 0.348. The Hall–Kier alpha value is -3.13. The smallest absolute Gasteiger partial charge is 0.257 e. The van der Waals surface area contributed by atoms with Gasteiger partial charge in [-0.15, -0.1) is 0 Å². The van der Waals surface area contributed by atoms with Gasteiger partial charge < -0.3 is 16.0 Å². The molecule has 2 aromatic carbocycles. The number of amides is 2. The van der Waals surface area contributed by atoms with E-state index in [2.05, 4.69) is 36.5 Å². The highest BCUT2D eigenvalue weighted by molar-refractivity contribution is 6.40. The third-order valence-corrected chi connectivity index (χ3v) is 6.27. The normalized spacial score (nSPS) is 17.5. The first-order chi connectivity index (χ1) is 15.1. The number of benzene rings is 2. The van der Waals surface area contributed by atoms with Crippen molar-refractivity contribution in [3.8, 4) is 0 Å². The summed E-state index contributed by atoms with van der Waals surface area (Å²) in [5.41, 5.74) is 4.12. The summed E-state index contributed by atoms with van der Waals surface area (Å²) in [6.45, 7) is 1.43. The number of hydrogen-bond donors (Lipinski definition) is 4. The number of rotatable bonds is 6. The lowest BCUT2D eigenvalue weighted by Gasteiger charge is -2.17. The topological polar surface area (TPSA) is 94.6 Å². The largest absolute Gasteiger partial charge is 0.355 e. The Kier molecular flexibility index (Phi) is 5.23. The Balaban J connectivity index is 1.38. The van der Waals surface area contributed by atoms with Crippen molar-refractivity contribution >= 4 is 44.6 Å². The molecule has 3 radical (unpaired) electrons. The molecule has 0 aromatic heterocycles. The maximum Gasteiger partial charge on any atom is 0.257 e. The maximum atomic E-state index is 12.6. The van der Waals surface area contributed by atoms with Crippen LogP contribution in [0.25, 0.3) is 0 Å². The van der Waals surface area contributed by atoms with Gasteiger partial charge in [0.1, 0.15) is 0 Å². The van der Waals surface area contributed by atoms with Gasteiger partial charge in [0.05, 0.1) is 16.8 Å². The van der Waals surface area contributed by atoms with Gasteiger partial charge in [0.15, 0.2) is 5.96 Å². The lowest BCUT2D eigenvalue weighted by molar-refractivity contribution is 0.0949. The van der Waals surface area contributed by atoms with E-state index in [1.807, 2.05) is 36.4 Å². The second-order valence-corrected chi connectivity index (χ2v) is 8.79. The summed E-state index contributed by atoms with van der Waals surface area (Å²) in [6, 6.07) is 11.7. The van der Waals surface area contributed by atoms with Crippen molar-refractivity contribution in [1.82, 2.24) is 16.0 Å². The van der Waals surface area contributed by atoms with Crippen LogP contribution in [0.1, 0.15) is 57.9 Å². The number of nitrogens with zero attached hydrogens (tertiary/aromatic N) is 1. The lowest BCUT2D eigenvalue weighted by Crippen LogP contribution is -2.38. The molecule has 5 rings (SSSR count). The monoisotopic (exact) mass is 430 g/mol. The van der Waals surface area contributed by atoms with Crippen LogP contribution in [-0.2, 0) is 0 Å². The van der Waals surface area contributed by atoms with Gasteiger partial charge in [-0.1, -0.05) is 6.07 Å². The molecular weight excluding hydrogens is 406 g/mol. The van der Waals surface area contributed by atoms with E-state index in [9.17, 15) is 9.59 Å². The molecule has 157 valence electrons. The molecule has 4 N–H and O–H groups in total. The number of aliphatic imine (C=N–C) groups is 1. The standard InChI is InChI=1S/C23H24N5O2Si/c29-21(28-23-24-10-11-25-23)14-6-9-18(17(12-14)13-4-5-13)27-19-3-1-2-16(20(19)31)22(30)26-15-7-8-15/h1-3,6,9,12-13,15,27H,4-5,7-8,10-11H2,(H,26,30)(H2,24,25,28,29). The first kappa shape index (κ1) is 19.8. The number of anilines is 2. The summed E-state index contributed by atoms with van der Waals surface area (Å²) in [7, 11) is 3.67. The van der Waals surface area contributed by atoms with E-state index in [-0.39, 0.29) is 11.8 Å². The van der Waals surface area contributed by atoms with Crippen LogP contribution in [-0.4, -0.2) is 47.1 Å². The van der Waals surface area contributed by atoms with E-state index >= 15 is 0 Å². The summed E-state index contributed by atoms with van der Waals surface area (Å²) in [6.07, 6.45) is 4.32. The van der Waals surface area contributed by atoms with Crippen LogP contribution in [0.5, 0.6) is 0 Å². The molecule has 2 aromatic rings. The molecule has 2 saturated carbocycles. The third-order valence-electron chi connectivity index (χ3n) is 5.73. The summed E-state index contributed by atoms with van der Waals surface area (Å²) in [5, 5.41) is 13.1. The number of guanidine groups is 1. The predicted molar refractivity (Wildman–Crippen MR) is 122 cm³/mol. The van der Waals surface area contributed by atoms with Gasteiger partial charge in [-0.3, -0.25) is 19.9 Å². The van der Waals surface area contributed by atoms with Crippen LogP contribution in [0.3, 0.4) is 0 Å². The summed E-state index contributed by atoms with van der Waals surface area (Å²) < 4.78 is 0. The van der Waals surface area contributed by atoms with Crippen LogP contribution in [0, 0.1) is 0 Å². The highest BCUT2D eigenvalue weighted by atomic mass is 28.1. The molecule has 8 heteroatoms. The molecule has 1 heterocycles. The minimum absolute atomic E-state index is 0.0611. The summed E-state index contributed by atoms with van der Waals surface area (Å²) >= 11 is 0. The highest BCUT2D eigenvalue weighted by Gasteiger charge is 2.28. The Morgan fingerprint density at radius 1 is 1.03 bits per heavy atom. The van der Waals surface area contributed by atoms with Crippen molar-refractivity contribution in [2.24, 2.45) is 4.99 Å². The molecular formula is C23H24N5O2Si. The van der Waals surface area contributed by atoms with Crippen molar-refractivity contribution in [2.45, 2.75) is 37.6 Å². The molecule has 2 fully saturated rings. The van der Waals surface area contributed by atoms with Crippen molar-refractivity contribution in [3.05, 3.63) is 53.1 Å². The quantitative estimate of drug-likeness (QED) is 0.525. The molecule has 2 aliphatic carbocycles. The van der Waals surface area contributed by atoms with E-state index in [0.717, 1.165) is 54.4 Å². The van der Waals surface area contributed by atoms with Gasteiger partial charge in [-0.2, -0.15) is 0 Å². The van der Waals surface area contributed by atoms with Crippen LogP contribution in [0.15, 0.2) is 41.4 Å². The molecule has 3 aliphatic rings. The van der Waals surface area contributed by atoms with Gasteiger partial charge in [0, 0.05) is 35.1 Å². The van der Waals surface area contributed by atoms with Gasteiger partial charge in [0.25, 0.3) is 11.8 Å². The van der Waals surface area contributed by atoms with Crippen LogP contribution >= 0.6 is 0 Å². The minimum atomic E-state index is -0.166. The van der Waals surface area contributed by atoms with Crippen LogP contribution < -0.4 is 26.5 Å². The number of nitrogens with one attached hydrogen (secondary N) is 4. The Labute approximate surface area is 184 Å². The second-order valence-electron chi connectivity index (χ2n) is 8.29. The molecule has 0 unspecified atom stereocenters. The molecule has 0 atom stereocenters. The van der Waals surface area contributed by atoms with Gasteiger partial charge >= 0.3 is 0 Å². The summed E-state index contributed by atoms with van der Waals surface area (Å²) in [5.74, 6) is 0.747. The zero-order chi connectivity index (χ0) is 21.4. The maximum absolute atomic E-state index is 12.6. The van der Waals surface area contributed by atoms with Crippen molar-refractivity contribution < 1.29 is 9.59 Å². The van der Waals surface area contributed by atoms with E-state index in [4.69, 9.17) is 0 Å². The van der Waals surface area contributed by atoms with Crippen molar-refractivity contribution in [2.75, 3.05) is 18.4 Å². The number of carbonyl (C=O) groups excluding carboxylic acids is 2. The molecule has 31 heavy (non-hydrogen) atoms. The van der Waals surface area contributed by atoms with E-state index < -0.39 is 0 Å². The molecule has 1 aliphatic heterocycles. The molecule has 0 bridgehead atoms. The Bertz CT molecular complexity index is 1080. The average Bonchev–Trinajstić information content (AvgIpc) is 3.70. The average molecular weight is 431 g/mol. The van der Waals surface area contributed by atoms with Gasteiger partial charge in [-0.25, -0.2) is 0 Å². The van der Waals surface area contributed by atoms with E-state index in [0.29, 0.717) is 35.6 Å². The van der Waals surface area contributed by atoms with E-state index in [1.54, 1.807) is 0 Å². The summed E-state index contributed by atoms with van der Waals surface area (Å²) in [4.78, 5) is 29.4. The number of hydrogen-bond acceptors (Lipinski definition) is 5. The van der Waals surface area contributed by atoms with E-state index in [1.165, 1.54) is 0 Å². The van der Waals surface area contributed by atoms with Crippen LogP contribution in [0.4, 0.5) is 11.4 Å².